The summed E-state index contributed by atoms with van der Waals surface area (Å²) in [5.41, 5.74) is 0. The van der Waals surface area contributed by atoms with Crippen molar-refractivity contribution in [1.82, 2.24) is 10.6 Å². The summed E-state index contributed by atoms with van der Waals surface area (Å²) < 4.78 is 38.8. The lowest BCUT2D eigenvalue weighted by Crippen LogP contribution is -2.48. The molecule has 20 heavy (non-hydrogen) atoms. The third kappa shape index (κ3) is 4.36. The van der Waals surface area contributed by atoms with Crippen molar-refractivity contribution in [2.24, 2.45) is 11.8 Å². The molecule has 0 radical (unpaired) electrons. The van der Waals surface area contributed by atoms with Crippen molar-refractivity contribution in [3.05, 3.63) is 0 Å². The van der Waals surface area contributed by atoms with Gasteiger partial charge in [0.2, 0.25) is 5.91 Å². The number of rotatable bonds is 3. The number of piperidine rings is 1. The molecule has 0 aromatic carbocycles. The van der Waals surface area contributed by atoms with Gasteiger partial charge in [0, 0.05) is 12.5 Å². The van der Waals surface area contributed by atoms with Gasteiger partial charge in [-0.1, -0.05) is 12.8 Å². The molecule has 1 amide bonds. The molecule has 2 atom stereocenters. The van der Waals surface area contributed by atoms with Crippen molar-refractivity contribution in [2.45, 2.75) is 57.2 Å². The second-order valence-electron chi connectivity index (χ2n) is 6.00. The molecular formula is C14H23F3N2O. The molecule has 2 aliphatic rings. The first-order valence-corrected chi connectivity index (χ1v) is 7.53. The third-order valence-corrected chi connectivity index (χ3v) is 4.47. The topological polar surface area (TPSA) is 41.1 Å². The van der Waals surface area contributed by atoms with Crippen LogP contribution in [0.4, 0.5) is 13.2 Å². The van der Waals surface area contributed by atoms with Crippen molar-refractivity contribution in [1.29, 1.82) is 0 Å². The van der Waals surface area contributed by atoms with Crippen LogP contribution in [0.15, 0.2) is 0 Å². The zero-order chi connectivity index (χ0) is 14.6. The Morgan fingerprint density at radius 1 is 1.10 bits per heavy atom. The summed E-state index contributed by atoms with van der Waals surface area (Å²) in [6.45, 7) is 1.79. The first-order valence-electron chi connectivity index (χ1n) is 7.53. The Balaban J connectivity index is 1.84. The third-order valence-electron chi connectivity index (χ3n) is 4.47. The molecule has 2 N–H and O–H groups in total. The molecule has 2 rings (SSSR count). The summed E-state index contributed by atoms with van der Waals surface area (Å²) in [6, 6.07) is -0.724. The first-order chi connectivity index (χ1) is 9.47. The van der Waals surface area contributed by atoms with Gasteiger partial charge in [-0.3, -0.25) is 4.79 Å². The Hall–Kier alpha value is -0.780. The van der Waals surface area contributed by atoms with E-state index in [9.17, 15) is 18.0 Å². The predicted octanol–water partition coefficient (Wildman–Crippen LogP) is 2.61. The fourth-order valence-corrected chi connectivity index (χ4v) is 3.31. The molecule has 0 bridgehead atoms. The van der Waals surface area contributed by atoms with Gasteiger partial charge in [0.1, 0.15) is 0 Å². The average molecular weight is 292 g/mol. The highest BCUT2D eigenvalue weighted by atomic mass is 19.4. The molecule has 6 heteroatoms. The fraction of sp³-hybridized carbons (Fsp3) is 0.929. The Labute approximate surface area is 117 Å². The largest absolute Gasteiger partial charge is 0.393 e. The van der Waals surface area contributed by atoms with Crippen LogP contribution in [0.1, 0.15) is 44.9 Å². The van der Waals surface area contributed by atoms with Gasteiger partial charge in [-0.2, -0.15) is 13.2 Å². The van der Waals surface area contributed by atoms with E-state index < -0.39 is 18.1 Å². The average Bonchev–Trinajstić information content (AvgIpc) is 2.39. The Morgan fingerprint density at radius 2 is 1.75 bits per heavy atom. The van der Waals surface area contributed by atoms with Gasteiger partial charge >= 0.3 is 6.18 Å². The quantitative estimate of drug-likeness (QED) is 0.839. The van der Waals surface area contributed by atoms with E-state index in [4.69, 9.17) is 0 Å². The van der Waals surface area contributed by atoms with Crippen LogP contribution in [-0.4, -0.2) is 31.2 Å². The van der Waals surface area contributed by atoms with Crippen LogP contribution in [0.2, 0.25) is 0 Å². The summed E-state index contributed by atoms with van der Waals surface area (Å²) >= 11 is 0. The van der Waals surface area contributed by atoms with Crippen molar-refractivity contribution in [3.8, 4) is 0 Å². The minimum absolute atomic E-state index is 0.141. The number of hydrogen-bond donors (Lipinski definition) is 2. The van der Waals surface area contributed by atoms with Crippen LogP contribution in [0.5, 0.6) is 0 Å². The number of alkyl halides is 3. The Kier molecular flexibility index (Phi) is 5.29. The molecule has 2 fully saturated rings. The van der Waals surface area contributed by atoms with Crippen LogP contribution < -0.4 is 10.6 Å². The lowest BCUT2D eigenvalue weighted by Gasteiger charge is -2.34. The second-order valence-corrected chi connectivity index (χ2v) is 6.00. The molecule has 1 saturated carbocycles. The van der Waals surface area contributed by atoms with E-state index in [1.165, 1.54) is 0 Å². The van der Waals surface area contributed by atoms with Gasteiger partial charge in [-0.15, -0.1) is 0 Å². The molecule has 0 aromatic heterocycles. The van der Waals surface area contributed by atoms with Crippen LogP contribution in [-0.2, 0) is 4.79 Å². The summed E-state index contributed by atoms with van der Waals surface area (Å²) in [6.07, 6.45) is -0.0168. The maximum atomic E-state index is 12.9. The van der Waals surface area contributed by atoms with Crippen LogP contribution in [0.3, 0.4) is 0 Å². The second kappa shape index (κ2) is 6.78. The molecule has 1 aliphatic heterocycles. The summed E-state index contributed by atoms with van der Waals surface area (Å²) in [5, 5.41) is 5.86. The van der Waals surface area contributed by atoms with E-state index in [1.54, 1.807) is 0 Å². The minimum Gasteiger partial charge on any atom is -0.353 e. The van der Waals surface area contributed by atoms with E-state index >= 15 is 0 Å². The smallest absolute Gasteiger partial charge is 0.353 e. The molecule has 0 spiro atoms. The van der Waals surface area contributed by atoms with Gasteiger partial charge < -0.3 is 10.6 Å². The Bertz CT molecular complexity index is 327. The maximum absolute atomic E-state index is 12.9. The first kappa shape index (κ1) is 15.6. The zero-order valence-electron chi connectivity index (χ0n) is 11.6. The molecule has 0 unspecified atom stereocenters. The number of carbonyl (C=O) groups is 1. The van der Waals surface area contributed by atoms with Crippen molar-refractivity contribution >= 4 is 5.91 Å². The molecule has 0 aromatic rings. The maximum Gasteiger partial charge on any atom is 0.393 e. The highest BCUT2D eigenvalue weighted by molar-refractivity contribution is 5.76. The highest BCUT2D eigenvalue weighted by Gasteiger charge is 2.45. The van der Waals surface area contributed by atoms with E-state index in [1.807, 2.05) is 0 Å². The van der Waals surface area contributed by atoms with E-state index in [0.717, 1.165) is 32.4 Å². The van der Waals surface area contributed by atoms with Crippen LogP contribution in [0.25, 0.3) is 0 Å². The van der Waals surface area contributed by atoms with E-state index in [2.05, 4.69) is 10.6 Å². The lowest BCUT2D eigenvalue weighted by molar-refractivity contribution is -0.189. The monoisotopic (exact) mass is 292 g/mol. The van der Waals surface area contributed by atoms with Crippen molar-refractivity contribution in [2.75, 3.05) is 13.1 Å². The SMILES string of the molecule is O=C(CC1CCNCC1)N[C@@H]1CCCC[C@@H]1C(F)(F)F. The molecule has 1 heterocycles. The normalized spacial score (nSPS) is 29.1. The number of halogens is 3. The van der Waals surface area contributed by atoms with E-state index in [0.29, 0.717) is 25.2 Å². The summed E-state index contributed by atoms with van der Waals surface area (Å²) in [7, 11) is 0. The fourth-order valence-electron chi connectivity index (χ4n) is 3.31. The van der Waals surface area contributed by atoms with Crippen molar-refractivity contribution in [3.63, 3.8) is 0 Å². The highest BCUT2D eigenvalue weighted by Crippen LogP contribution is 2.37. The summed E-state index contributed by atoms with van der Waals surface area (Å²) in [4.78, 5) is 12.0. The molecule has 116 valence electrons. The molecule has 1 aliphatic carbocycles. The summed E-state index contributed by atoms with van der Waals surface area (Å²) in [5.74, 6) is -1.27. The predicted molar refractivity (Wildman–Crippen MR) is 70.2 cm³/mol. The van der Waals surface area contributed by atoms with Crippen molar-refractivity contribution < 1.29 is 18.0 Å². The van der Waals surface area contributed by atoms with Gasteiger partial charge in [-0.05, 0) is 44.7 Å². The standard InChI is InChI=1S/C14H23F3N2O/c15-14(16,17)11-3-1-2-4-12(11)19-13(20)9-10-5-7-18-8-6-10/h10-12,18H,1-9H2,(H,19,20)/t11-,12+/m0/s1. The lowest BCUT2D eigenvalue weighted by atomic mass is 9.83. The van der Waals surface area contributed by atoms with Gasteiger partial charge in [0.15, 0.2) is 0 Å². The molecule has 3 nitrogen and oxygen atoms in total. The molecule has 1 saturated heterocycles. The number of hydrogen-bond acceptors (Lipinski definition) is 2. The van der Waals surface area contributed by atoms with Crippen LogP contribution in [0, 0.1) is 11.8 Å². The van der Waals surface area contributed by atoms with Crippen LogP contribution >= 0.6 is 0 Å². The molecular weight excluding hydrogens is 269 g/mol. The minimum atomic E-state index is -4.20. The van der Waals surface area contributed by atoms with E-state index in [-0.39, 0.29) is 12.3 Å². The van der Waals surface area contributed by atoms with Gasteiger partial charge in [0.05, 0.1) is 5.92 Å². The zero-order valence-corrected chi connectivity index (χ0v) is 11.6. The van der Waals surface area contributed by atoms with Gasteiger partial charge in [0.25, 0.3) is 0 Å². The Morgan fingerprint density at radius 3 is 2.40 bits per heavy atom. The number of nitrogens with one attached hydrogen (secondary N) is 2. The number of carbonyl (C=O) groups excluding carboxylic acids is 1. The van der Waals surface area contributed by atoms with Gasteiger partial charge in [-0.25, -0.2) is 0 Å². The number of amides is 1.